The van der Waals surface area contributed by atoms with Gasteiger partial charge in [-0.25, -0.2) is 0 Å². The maximum absolute atomic E-state index is 12.5. The molecule has 4 nitrogen and oxygen atoms in total. The van der Waals surface area contributed by atoms with Gasteiger partial charge in [-0.3, -0.25) is 4.79 Å². The molecular formula is C23H29NO3S. The highest BCUT2D eigenvalue weighted by Crippen LogP contribution is 2.28. The third kappa shape index (κ3) is 5.93. The number of ether oxygens (including phenoxy) is 2. The Morgan fingerprint density at radius 1 is 0.964 bits per heavy atom. The summed E-state index contributed by atoms with van der Waals surface area (Å²) < 4.78 is 10.4. The van der Waals surface area contributed by atoms with E-state index in [4.69, 9.17) is 9.47 Å². The SMILES string of the molecule is COc1ccc(CCC(=O)N2CCC(CSc3ccc(OC)cc3)CC2)cc1. The standard InChI is InChI=1S/C23H29NO3S/c1-26-20-6-3-18(4-7-20)5-12-23(25)24-15-13-19(14-16-24)17-28-22-10-8-21(27-2)9-11-22/h3-4,6-11,19H,5,12-17H2,1-2H3. The van der Waals surface area contributed by atoms with Crippen molar-refractivity contribution in [2.24, 2.45) is 5.92 Å². The zero-order chi connectivity index (χ0) is 19.8. The van der Waals surface area contributed by atoms with Crippen LogP contribution in [0.4, 0.5) is 0 Å². The van der Waals surface area contributed by atoms with Crippen LogP contribution in [-0.4, -0.2) is 43.9 Å². The maximum atomic E-state index is 12.5. The molecule has 0 radical (unpaired) electrons. The van der Waals surface area contributed by atoms with Crippen LogP contribution < -0.4 is 9.47 Å². The average molecular weight is 400 g/mol. The van der Waals surface area contributed by atoms with Gasteiger partial charge in [0.2, 0.25) is 5.91 Å². The van der Waals surface area contributed by atoms with Gasteiger partial charge in [0.25, 0.3) is 0 Å². The Morgan fingerprint density at radius 2 is 1.54 bits per heavy atom. The zero-order valence-corrected chi connectivity index (χ0v) is 17.5. The Kier molecular flexibility index (Phi) is 7.66. The van der Waals surface area contributed by atoms with Gasteiger partial charge in [-0.1, -0.05) is 12.1 Å². The van der Waals surface area contributed by atoms with E-state index < -0.39 is 0 Å². The molecule has 2 aromatic rings. The van der Waals surface area contributed by atoms with Crippen LogP contribution >= 0.6 is 11.8 Å². The second-order valence-electron chi connectivity index (χ2n) is 7.16. The number of methoxy groups -OCH3 is 2. The van der Waals surface area contributed by atoms with Crippen molar-refractivity contribution in [1.82, 2.24) is 4.90 Å². The zero-order valence-electron chi connectivity index (χ0n) is 16.7. The molecular weight excluding hydrogens is 370 g/mol. The van der Waals surface area contributed by atoms with Crippen LogP contribution in [0.25, 0.3) is 0 Å². The number of hydrogen-bond acceptors (Lipinski definition) is 4. The Hall–Kier alpha value is -2.14. The maximum Gasteiger partial charge on any atom is 0.222 e. The third-order valence-corrected chi connectivity index (χ3v) is 6.54. The third-order valence-electron chi connectivity index (χ3n) is 5.30. The highest BCUT2D eigenvalue weighted by molar-refractivity contribution is 7.99. The minimum Gasteiger partial charge on any atom is -0.497 e. The predicted octanol–water partition coefficient (Wildman–Crippen LogP) is 4.67. The minimum absolute atomic E-state index is 0.275. The summed E-state index contributed by atoms with van der Waals surface area (Å²) in [6.07, 6.45) is 3.56. The Labute approximate surface area is 172 Å². The van der Waals surface area contributed by atoms with Crippen LogP contribution in [0.2, 0.25) is 0 Å². The van der Waals surface area contributed by atoms with Gasteiger partial charge in [0.05, 0.1) is 14.2 Å². The molecule has 150 valence electrons. The van der Waals surface area contributed by atoms with Crippen LogP contribution in [0.1, 0.15) is 24.8 Å². The molecule has 1 aliphatic rings. The number of likely N-dealkylation sites (tertiary alicyclic amines) is 1. The number of amides is 1. The number of carbonyl (C=O) groups is 1. The lowest BCUT2D eigenvalue weighted by atomic mass is 9.98. The van der Waals surface area contributed by atoms with E-state index in [0.717, 1.165) is 49.6 Å². The Morgan fingerprint density at radius 3 is 2.11 bits per heavy atom. The minimum atomic E-state index is 0.275. The van der Waals surface area contributed by atoms with E-state index in [1.807, 2.05) is 53.1 Å². The first-order valence-corrected chi connectivity index (χ1v) is 10.8. The fraction of sp³-hybridized carbons (Fsp3) is 0.435. The van der Waals surface area contributed by atoms with Gasteiger partial charge in [0.1, 0.15) is 11.5 Å². The molecule has 0 spiro atoms. The first-order valence-electron chi connectivity index (χ1n) is 9.85. The predicted molar refractivity (Wildman–Crippen MR) is 114 cm³/mol. The summed E-state index contributed by atoms with van der Waals surface area (Å²) in [5, 5.41) is 0. The van der Waals surface area contributed by atoms with Gasteiger partial charge >= 0.3 is 0 Å². The van der Waals surface area contributed by atoms with E-state index in [9.17, 15) is 4.79 Å². The first-order chi connectivity index (χ1) is 13.7. The summed E-state index contributed by atoms with van der Waals surface area (Å²) >= 11 is 1.90. The van der Waals surface area contributed by atoms with Crippen LogP contribution in [0.3, 0.4) is 0 Å². The van der Waals surface area contributed by atoms with Crippen LogP contribution in [0.15, 0.2) is 53.4 Å². The van der Waals surface area contributed by atoms with E-state index in [1.165, 1.54) is 10.5 Å². The van der Waals surface area contributed by atoms with Crippen molar-refractivity contribution < 1.29 is 14.3 Å². The molecule has 1 amide bonds. The molecule has 1 fully saturated rings. The number of aryl methyl sites for hydroxylation is 1. The molecule has 2 aromatic carbocycles. The van der Waals surface area contributed by atoms with Gasteiger partial charge in [0.15, 0.2) is 0 Å². The molecule has 5 heteroatoms. The van der Waals surface area contributed by atoms with Crippen molar-refractivity contribution in [2.75, 3.05) is 33.1 Å². The highest BCUT2D eigenvalue weighted by atomic mass is 32.2. The number of thioether (sulfide) groups is 1. The largest absolute Gasteiger partial charge is 0.497 e. The molecule has 1 aliphatic heterocycles. The van der Waals surface area contributed by atoms with Gasteiger partial charge < -0.3 is 14.4 Å². The van der Waals surface area contributed by atoms with Crippen molar-refractivity contribution in [3.63, 3.8) is 0 Å². The monoisotopic (exact) mass is 399 g/mol. The molecule has 1 saturated heterocycles. The van der Waals surface area contributed by atoms with Crippen molar-refractivity contribution >= 4 is 17.7 Å². The lowest BCUT2D eigenvalue weighted by Gasteiger charge is -2.32. The number of benzene rings is 2. The fourth-order valence-corrected chi connectivity index (χ4v) is 4.53. The van der Waals surface area contributed by atoms with Gasteiger partial charge in [-0.2, -0.15) is 0 Å². The van der Waals surface area contributed by atoms with E-state index >= 15 is 0 Å². The number of nitrogens with zero attached hydrogens (tertiary/aromatic N) is 1. The molecule has 0 N–H and O–H groups in total. The van der Waals surface area contributed by atoms with Crippen molar-refractivity contribution in [3.8, 4) is 11.5 Å². The van der Waals surface area contributed by atoms with Gasteiger partial charge in [-0.05, 0) is 67.1 Å². The molecule has 0 unspecified atom stereocenters. The lowest BCUT2D eigenvalue weighted by Crippen LogP contribution is -2.39. The van der Waals surface area contributed by atoms with Crippen molar-refractivity contribution in [3.05, 3.63) is 54.1 Å². The molecule has 0 atom stereocenters. The van der Waals surface area contributed by atoms with E-state index in [0.29, 0.717) is 12.3 Å². The summed E-state index contributed by atoms with van der Waals surface area (Å²) in [7, 11) is 3.35. The number of rotatable bonds is 8. The van der Waals surface area contributed by atoms with Gasteiger partial charge in [-0.15, -0.1) is 11.8 Å². The fourth-order valence-electron chi connectivity index (χ4n) is 3.44. The van der Waals surface area contributed by atoms with Crippen LogP contribution in [-0.2, 0) is 11.2 Å². The average Bonchev–Trinajstić information content (AvgIpc) is 2.77. The van der Waals surface area contributed by atoms with Gasteiger partial charge in [0, 0.05) is 30.2 Å². The summed E-state index contributed by atoms with van der Waals surface area (Å²) in [5.41, 5.74) is 1.18. The summed E-state index contributed by atoms with van der Waals surface area (Å²) in [6, 6.07) is 16.2. The van der Waals surface area contributed by atoms with E-state index in [2.05, 4.69) is 12.1 Å². The van der Waals surface area contributed by atoms with Crippen molar-refractivity contribution in [1.29, 1.82) is 0 Å². The summed E-state index contributed by atoms with van der Waals surface area (Å²) in [5.74, 6) is 3.81. The molecule has 0 saturated carbocycles. The molecule has 28 heavy (non-hydrogen) atoms. The molecule has 0 bridgehead atoms. The Balaban J connectivity index is 1.37. The second-order valence-corrected chi connectivity index (χ2v) is 8.25. The number of piperidine rings is 1. The summed E-state index contributed by atoms with van der Waals surface area (Å²) in [4.78, 5) is 15.8. The van der Waals surface area contributed by atoms with Crippen LogP contribution in [0, 0.1) is 5.92 Å². The van der Waals surface area contributed by atoms with E-state index in [-0.39, 0.29) is 5.91 Å². The normalized spacial score (nSPS) is 14.7. The Bertz CT molecular complexity index is 737. The molecule has 0 aromatic heterocycles. The summed E-state index contributed by atoms with van der Waals surface area (Å²) in [6.45, 7) is 1.77. The van der Waals surface area contributed by atoms with E-state index in [1.54, 1.807) is 14.2 Å². The highest BCUT2D eigenvalue weighted by Gasteiger charge is 2.22. The molecule has 1 heterocycles. The number of hydrogen-bond donors (Lipinski definition) is 0. The molecule has 3 rings (SSSR count). The molecule has 0 aliphatic carbocycles. The first kappa shape index (κ1) is 20.6. The van der Waals surface area contributed by atoms with Crippen LogP contribution in [0.5, 0.6) is 11.5 Å². The quantitative estimate of drug-likeness (QED) is 0.605. The van der Waals surface area contributed by atoms with Crippen molar-refractivity contribution in [2.45, 2.75) is 30.6 Å². The topological polar surface area (TPSA) is 38.8 Å². The smallest absolute Gasteiger partial charge is 0.222 e. The number of carbonyl (C=O) groups excluding carboxylic acids is 1. The second kappa shape index (κ2) is 10.4. The lowest BCUT2D eigenvalue weighted by molar-refractivity contribution is -0.132.